The van der Waals surface area contributed by atoms with Crippen LogP contribution in [0.2, 0.25) is 5.02 Å². The highest BCUT2D eigenvalue weighted by Crippen LogP contribution is 2.31. The van der Waals surface area contributed by atoms with E-state index < -0.39 is 18.3 Å². The van der Waals surface area contributed by atoms with Crippen LogP contribution in [0.1, 0.15) is 11.6 Å². The van der Waals surface area contributed by atoms with Crippen LogP contribution >= 0.6 is 11.6 Å². The van der Waals surface area contributed by atoms with Crippen LogP contribution in [0.15, 0.2) is 24.3 Å². The van der Waals surface area contributed by atoms with Crippen LogP contribution in [0.25, 0.3) is 0 Å². The molecule has 0 heterocycles. The maximum atomic E-state index is 12.1. The molecule has 0 aromatic heterocycles. The SMILES string of the molecule is N[C@@H](c1ccccc1Cl)[C@H](O)C(F)(F)F. The van der Waals surface area contributed by atoms with Crippen LogP contribution in [-0.4, -0.2) is 17.4 Å². The summed E-state index contributed by atoms with van der Waals surface area (Å²) in [4.78, 5) is 0. The van der Waals surface area contributed by atoms with Crippen LogP contribution in [0, 0.1) is 0 Å². The van der Waals surface area contributed by atoms with Gasteiger partial charge in [-0.15, -0.1) is 0 Å². The number of aliphatic hydroxyl groups is 1. The van der Waals surface area contributed by atoms with E-state index in [1.54, 1.807) is 6.07 Å². The van der Waals surface area contributed by atoms with Crippen LogP contribution < -0.4 is 5.73 Å². The summed E-state index contributed by atoms with van der Waals surface area (Å²) in [7, 11) is 0. The van der Waals surface area contributed by atoms with Crippen molar-refractivity contribution in [3.63, 3.8) is 0 Å². The quantitative estimate of drug-likeness (QED) is 0.832. The Hall–Kier alpha value is -0.780. The first-order valence-electron chi connectivity index (χ1n) is 4.09. The summed E-state index contributed by atoms with van der Waals surface area (Å²) in [5.74, 6) is 0. The summed E-state index contributed by atoms with van der Waals surface area (Å²) in [5, 5.41) is 9.03. The van der Waals surface area contributed by atoms with Gasteiger partial charge in [-0.05, 0) is 11.6 Å². The van der Waals surface area contributed by atoms with Crippen molar-refractivity contribution in [3.05, 3.63) is 34.9 Å². The first kappa shape index (κ1) is 12.3. The highest BCUT2D eigenvalue weighted by molar-refractivity contribution is 6.31. The summed E-state index contributed by atoms with van der Waals surface area (Å²) in [5.41, 5.74) is 5.34. The van der Waals surface area contributed by atoms with Gasteiger partial charge in [-0.25, -0.2) is 0 Å². The maximum Gasteiger partial charge on any atom is 0.416 e. The predicted molar refractivity (Wildman–Crippen MR) is 50.4 cm³/mol. The van der Waals surface area contributed by atoms with Crippen LogP contribution in [0.4, 0.5) is 13.2 Å². The fourth-order valence-electron chi connectivity index (χ4n) is 1.12. The summed E-state index contributed by atoms with van der Waals surface area (Å²) in [6.07, 6.45) is -7.36. The molecular weight excluding hydrogens is 231 g/mol. The second-order valence-electron chi connectivity index (χ2n) is 3.03. The van der Waals surface area contributed by atoms with E-state index in [9.17, 15) is 13.2 Å². The molecule has 0 aliphatic rings. The highest BCUT2D eigenvalue weighted by Gasteiger charge is 2.43. The Kier molecular flexibility index (Phi) is 3.59. The van der Waals surface area contributed by atoms with Crippen molar-refractivity contribution in [1.82, 2.24) is 0 Å². The molecule has 3 N–H and O–H groups in total. The Labute approximate surface area is 89.5 Å². The molecular formula is C9H9ClF3NO. The minimum atomic E-state index is -4.75. The monoisotopic (exact) mass is 239 g/mol. The lowest BCUT2D eigenvalue weighted by Crippen LogP contribution is -2.38. The van der Waals surface area contributed by atoms with E-state index in [-0.39, 0.29) is 10.6 Å². The average molecular weight is 240 g/mol. The molecule has 84 valence electrons. The van der Waals surface area contributed by atoms with E-state index in [2.05, 4.69) is 0 Å². The van der Waals surface area contributed by atoms with Gasteiger partial charge in [0.05, 0.1) is 6.04 Å². The molecule has 2 nitrogen and oxygen atoms in total. The summed E-state index contributed by atoms with van der Waals surface area (Å²) >= 11 is 5.65. The Balaban J connectivity index is 2.95. The van der Waals surface area contributed by atoms with Gasteiger partial charge in [0.15, 0.2) is 6.10 Å². The number of alkyl halides is 3. The highest BCUT2D eigenvalue weighted by atomic mass is 35.5. The van der Waals surface area contributed by atoms with Gasteiger partial charge in [0.25, 0.3) is 0 Å². The third-order valence-electron chi connectivity index (χ3n) is 1.94. The molecule has 0 saturated carbocycles. The Morgan fingerprint density at radius 2 is 1.80 bits per heavy atom. The third-order valence-corrected chi connectivity index (χ3v) is 2.28. The molecule has 0 amide bonds. The van der Waals surface area contributed by atoms with Crippen LogP contribution in [0.3, 0.4) is 0 Å². The van der Waals surface area contributed by atoms with E-state index in [1.807, 2.05) is 0 Å². The molecule has 0 aliphatic heterocycles. The Bertz CT molecular complexity index is 342. The standard InChI is InChI=1S/C9H9ClF3NO/c10-6-4-2-1-3-5(6)7(14)8(15)9(11,12)13/h1-4,7-8,15H,14H2/t7-,8-/m0/s1. The number of rotatable bonds is 2. The van der Waals surface area contributed by atoms with Crippen molar-refractivity contribution >= 4 is 11.6 Å². The molecule has 2 atom stereocenters. The number of hydrogen-bond donors (Lipinski definition) is 2. The number of halogens is 4. The number of nitrogens with two attached hydrogens (primary N) is 1. The van der Waals surface area contributed by atoms with Crippen molar-refractivity contribution in [2.45, 2.75) is 18.3 Å². The predicted octanol–water partition coefficient (Wildman–Crippen LogP) is 2.26. The van der Waals surface area contributed by atoms with Gasteiger partial charge in [-0.3, -0.25) is 0 Å². The van der Waals surface area contributed by atoms with Crippen molar-refractivity contribution in [2.75, 3.05) is 0 Å². The minimum Gasteiger partial charge on any atom is -0.382 e. The zero-order chi connectivity index (χ0) is 11.6. The van der Waals surface area contributed by atoms with E-state index in [1.165, 1.54) is 18.2 Å². The molecule has 0 fully saturated rings. The third kappa shape index (κ3) is 2.84. The normalized spacial score (nSPS) is 16.1. The summed E-state index contributed by atoms with van der Waals surface area (Å²) in [6, 6.07) is 4.27. The zero-order valence-electron chi connectivity index (χ0n) is 7.50. The molecule has 15 heavy (non-hydrogen) atoms. The molecule has 1 rings (SSSR count). The smallest absolute Gasteiger partial charge is 0.382 e. The lowest BCUT2D eigenvalue weighted by molar-refractivity contribution is -0.210. The van der Waals surface area contributed by atoms with Gasteiger partial charge >= 0.3 is 6.18 Å². The van der Waals surface area contributed by atoms with Gasteiger partial charge in [0.2, 0.25) is 0 Å². The van der Waals surface area contributed by atoms with E-state index in [0.717, 1.165) is 0 Å². The maximum absolute atomic E-state index is 12.1. The number of benzene rings is 1. The second kappa shape index (κ2) is 4.38. The average Bonchev–Trinajstić information content (AvgIpc) is 2.15. The van der Waals surface area contributed by atoms with Crippen molar-refractivity contribution in [2.24, 2.45) is 5.73 Å². The van der Waals surface area contributed by atoms with Crippen molar-refractivity contribution in [1.29, 1.82) is 0 Å². The lowest BCUT2D eigenvalue weighted by Gasteiger charge is -2.22. The van der Waals surface area contributed by atoms with Gasteiger partial charge in [0.1, 0.15) is 0 Å². The van der Waals surface area contributed by atoms with Gasteiger partial charge in [-0.2, -0.15) is 13.2 Å². The fourth-order valence-corrected chi connectivity index (χ4v) is 1.38. The Morgan fingerprint density at radius 1 is 1.27 bits per heavy atom. The molecule has 0 saturated heterocycles. The number of aliphatic hydroxyl groups excluding tert-OH is 1. The van der Waals surface area contributed by atoms with E-state index in [0.29, 0.717) is 0 Å². The van der Waals surface area contributed by atoms with Gasteiger partial charge in [0, 0.05) is 5.02 Å². The molecule has 1 aromatic carbocycles. The molecule has 6 heteroatoms. The van der Waals surface area contributed by atoms with Crippen LogP contribution in [0.5, 0.6) is 0 Å². The van der Waals surface area contributed by atoms with Gasteiger partial charge < -0.3 is 10.8 Å². The lowest BCUT2D eigenvalue weighted by atomic mass is 10.0. The molecule has 0 unspecified atom stereocenters. The number of hydrogen-bond acceptors (Lipinski definition) is 2. The van der Waals surface area contributed by atoms with Gasteiger partial charge in [-0.1, -0.05) is 29.8 Å². The van der Waals surface area contributed by atoms with E-state index in [4.69, 9.17) is 22.4 Å². The molecule has 0 aliphatic carbocycles. The fraction of sp³-hybridized carbons (Fsp3) is 0.333. The summed E-state index contributed by atoms with van der Waals surface area (Å²) < 4.78 is 36.4. The van der Waals surface area contributed by atoms with Crippen LogP contribution in [-0.2, 0) is 0 Å². The molecule has 0 spiro atoms. The van der Waals surface area contributed by atoms with Crippen molar-refractivity contribution in [3.8, 4) is 0 Å². The zero-order valence-corrected chi connectivity index (χ0v) is 8.26. The minimum absolute atomic E-state index is 0.0731. The largest absolute Gasteiger partial charge is 0.416 e. The topological polar surface area (TPSA) is 46.2 Å². The first-order valence-corrected chi connectivity index (χ1v) is 4.46. The van der Waals surface area contributed by atoms with E-state index >= 15 is 0 Å². The second-order valence-corrected chi connectivity index (χ2v) is 3.44. The summed E-state index contributed by atoms with van der Waals surface area (Å²) in [6.45, 7) is 0. The molecule has 1 aromatic rings. The van der Waals surface area contributed by atoms with Crippen molar-refractivity contribution < 1.29 is 18.3 Å². The first-order chi connectivity index (χ1) is 6.84. The Morgan fingerprint density at radius 3 is 2.27 bits per heavy atom. The molecule has 0 radical (unpaired) electrons. The molecule has 0 bridgehead atoms.